The maximum atomic E-state index is 6.66. The van der Waals surface area contributed by atoms with Crippen molar-refractivity contribution in [3.63, 3.8) is 0 Å². The Labute approximate surface area is 199 Å². The summed E-state index contributed by atoms with van der Waals surface area (Å²) in [6, 6.07) is 8.03. The van der Waals surface area contributed by atoms with Gasteiger partial charge < -0.3 is 25.0 Å². The fourth-order valence-electron chi connectivity index (χ4n) is 3.93. The Balaban J connectivity index is 0.00000245. The Morgan fingerprint density at radius 2 is 1.97 bits per heavy atom. The predicted molar refractivity (Wildman–Crippen MR) is 132 cm³/mol. The van der Waals surface area contributed by atoms with Gasteiger partial charge in [0.1, 0.15) is 5.52 Å². The lowest BCUT2D eigenvalue weighted by Gasteiger charge is -2.29. The van der Waals surface area contributed by atoms with Crippen molar-refractivity contribution in [3.05, 3.63) is 41.7 Å². The zero-order valence-corrected chi connectivity index (χ0v) is 19.4. The molecule has 0 aliphatic carbocycles. The fourth-order valence-corrected chi connectivity index (χ4v) is 4.23. The number of fused-ring (bicyclic) bond motifs is 1. The number of hydrogen-bond acceptors (Lipinski definition) is 8. The number of nitrogens with zero attached hydrogens (tertiary/aromatic N) is 4. The van der Waals surface area contributed by atoms with Crippen molar-refractivity contribution < 1.29 is 9.47 Å². The molecule has 8 nitrogen and oxygen atoms in total. The zero-order chi connectivity index (χ0) is 21.0. The van der Waals surface area contributed by atoms with E-state index in [-0.39, 0.29) is 19.6 Å². The molecule has 2 aliphatic heterocycles. The Hall–Kier alpha value is -2.17. The van der Waals surface area contributed by atoms with Gasteiger partial charge in [0, 0.05) is 50.7 Å². The van der Waals surface area contributed by atoms with E-state index in [9.17, 15) is 0 Å². The molecule has 0 bridgehead atoms. The number of rotatable bonds is 5. The van der Waals surface area contributed by atoms with Crippen LogP contribution in [-0.2, 0) is 9.47 Å². The largest absolute Gasteiger partial charge is 0.378 e. The Morgan fingerprint density at radius 1 is 1.12 bits per heavy atom. The standard InChI is InChI=1S/C22H25ClN6O2.H2S/c23-17-11-15(1-2-20(17)29-6-9-30-10-7-29)18-12-19-21(26-4-3-25-19)22(28-18)27-14-16-13-24-5-8-31-16;/h1-4,11-12,16,24H,5-10,13-14H2,(H,27,28);1H2/t16-;/m0./s1. The first-order chi connectivity index (χ1) is 15.3. The molecule has 0 amide bonds. The molecule has 2 saturated heterocycles. The Kier molecular flexibility index (Phi) is 7.64. The van der Waals surface area contributed by atoms with Crippen molar-refractivity contribution >= 4 is 47.6 Å². The first kappa shape index (κ1) is 23.0. The van der Waals surface area contributed by atoms with Crippen LogP contribution in [0.25, 0.3) is 22.3 Å². The molecular formula is C22H27ClN6O2S. The third kappa shape index (κ3) is 5.07. The minimum atomic E-state index is 0. The van der Waals surface area contributed by atoms with E-state index in [2.05, 4.69) is 37.6 Å². The molecule has 10 heteroatoms. The van der Waals surface area contributed by atoms with Crippen LogP contribution in [0, 0.1) is 0 Å². The highest BCUT2D eigenvalue weighted by Gasteiger charge is 2.17. The molecule has 3 aromatic rings. The molecule has 0 spiro atoms. The minimum Gasteiger partial charge on any atom is -0.378 e. The van der Waals surface area contributed by atoms with E-state index in [1.165, 1.54) is 0 Å². The molecule has 1 aromatic carbocycles. The van der Waals surface area contributed by atoms with Gasteiger partial charge in [-0.25, -0.2) is 9.97 Å². The van der Waals surface area contributed by atoms with Gasteiger partial charge in [-0.15, -0.1) is 0 Å². The summed E-state index contributed by atoms with van der Waals surface area (Å²) in [5.74, 6) is 0.697. The average Bonchev–Trinajstić information content (AvgIpc) is 2.83. The van der Waals surface area contributed by atoms with Crippen molar-refractivity contribution in [1.82, 2.24) is 20.3 Å². The molecule has 170 valence electrons. The van der Waals surface area contributed by atoms with Gasteiger partial charge in [-0.2, -0.15) is 13.5 Å². The summed E-state index contributed by atoms with van der Waals surface area (Å²) in [5.41, 5.74) is 4.29. The number of nitrogens with one attached hydrogen (secondary N) is 2. The topological polar surface area (TPSA) is 84.4 Å². The summed E-state index contributed by atoms with van der Waals surface area (Å²) in [4.78, 5) is 16.1. The highest BCUT2D eigenvalue weighted by atomic mass is 35.5. The molecule has 2 aliphatic rings. The number of pyridine rings is 1. The number of morpholine rings is 2. The van der Waals surface area contributed by atoms with E-state index in [0.717, 1.165) is 67.4 Å². The number of hydrogen-bond donors (Lipinski definition) is 2. The molecule has 2 N–H and O–H groups in total. The molecule has 0 unspecified atom stereocenters. The molecule has 4 heterocycles. The van der Waals surface area contributed by atoms with Crippen molar-refractivity contribution in [2.45, 2.75) is 6.10 Å². The molecule has 2 aromatic heterocycles. The second-order valence-corrected chi connectivity index (χ2v) is 8.03. The number of halogens is 1. The van der Waals surface area contributed by atoms with Crippen molar-refractivity contribution in [1.29, 1.82) is 0 Å². The highest BCUT2D eigenvalue weighted by molar-refractivity contribution is 7.59. The van der Waals surface area contributed by atoms with Gasteiger partial charge in [0.15, 0.2) is 5.82 Å². The van der Waals surface area contributed by atoms with Crippen LogP contribution in [0.3, 0.4) is 0 Å². The first-order valence-corrected chi connectivity index (χ1v) is 11.0. The lowest BCUT2D eigenvalue weighted by atomic mass is 10.1. The highest BCUT2D eigenvalue weighted by Crippen LogP contribution is 2.33. The van der Waals surface area contributed by atoms with Gasteiger partial charge in [-0.1, -0.05) is 17.7 Å². The predicted octanol–water partition coefficient (Wildman–Crippen LogP) is 2.69. The van der Waals surface area contributed by atoms with Crippen molar-refractivity contribution in [3.8, 4) is 11.3 Å². The molecular weight excluding hydrogens is 448 g/mol. The van der Waals surface area contributed by atoms with Crippen molar-refractivity contribution in [2.75, 3.05) is 62.8 Å². The summed E-state index contributed by atoms with van der Waals surface area (Å²) in [7, 11) is 0. The average molecular weight is 475 g/mol. The van der Waals surface area contributed by atoms with Gasteiger partial charge in [0.25, 0.3) is 0 Å². The monoisotopic (exact) mass is 474 g/mol. The van der Waals surface area contributed by atoms with Crippen LogP contribution in [0.4, 0.5) is 11.5 Å². The third-order valence-corrected chi connectivity index (χ3v) is 5.86. The smallest absolute Gasteiger partial charge is 0.154 e. The van der Waals surface area contributed by atoms with Crippen LogP contribution in [-0.4, -0.2) is 73.6 Å². The normalized spacial score (nSPS) is 18.9. The van der Waals surface area contributed by atoms with E-state index in [4.69, 9.17) is 26.1 Å². The van der Waals surface area contributed by atoms with Gasteiger partial charge in [0.2, 0.25) is 0 Å². The maximum Gasteiger partial charge on any atom is 0.154 e. The molecule has 5 rings (SSSR count). The Morgan fingerprint density at radius 3 is 2.75 bits per heavy atom. The van der Waals surface area contributed by atoms with Crippen LogP contribution in [0.1, 0.15) is 0 Å². The number of benzene rings is 1. The second kappa shape index (κ2) is 10.6. The summed E-state index contributed by atoms with van der Waals surface area (Å²) in [5, 5.41) is 7.46. The van der Waals surface area contributed by atoms with Crippen LogP contribution >= 0.6 is 25.1 Å². The summed E-state index contributed by atoms with van der Waals surface area (Å²) in [6.45, 7) is 6.19. The van der Waals surface area contributed by atoms with E-state index in [1.807, 2.05) is 12.1 Å². The van der Waals surface area contributed by atoms with E-state index < -0.39 is 0 Å². The zero-order valence-electron chi connectivity index (χ0n) is 17.7. The lowest BCUT2D eigenvalue weighted by molar-refractivity contribution is 0.0372. The summed E-state index contributed by atoms with van der Waals surface area (Å²) in [6.07, 6.45) is 3.47. The van der Waals surface area contributed by atoms with E-state index in [1.54, 1.807) is 12.4 Å². The van der Waals surface area contributed by atoms with E-state index >= 15 is 0 Å². The molecule has 32 heavy (non-hydrogen) atoms. The third-order valence-electron chi connectivity index (χ3n) is 5.55. The second-order valence-electron chi connectivity index (χ2n) is 7.62. The Bertz CT molecular complexity index is 1060. The molecule has 1 atom stereocenters. The summed E-state index contributed by atoms with van der Waals surface area (Å²) < 4.78 is 11.2. The van der Waals surface area contributed by atoms with Gasteiger partial charge in [-0.3, -0.25) is 4.98 Å². The van der Waals surface area contributed by atoms with Gasteiger partial charge in [-0.05, 0) is 18.2 Å². The number of ether oxygens (including phenoxy) is 2. The van der Waals surface area contributed by atoms with Crippen LogP contribution in [0.15, 0.2) is 36.7 Å². The number of anilines is 2. The van der Waals surface area contributed by atoms with Gasteiger partial charge >= 0.3 is 0 Å². The molecule has 0 saturated carbocycles. The van der Waals surface area contributed by atoms with Crippen LogP contribution in [0.2, 0.25) is 5.02 Å². The van der Waals surface area contributed by atoms with Crippen molar-refractivity contribution in [2.24, 2.45) is 0 Å². The van der Waals surface area contributed by atoms with E-state index in [0.29, 0.717) is 24.0 Å². The quantitative estimate of drug-likeness (QED) is 0.584. The van der Waals surface area contributed by atoms with Crippen LogP contribution < -0.4 is 15.5 Å². The lowest BCUT2D eigenvalue weighted by Crippen LogP contribution is -2.42. The molecule has 0 radical (unpaired) electrons. The minimum absolute atomic E-state index is 0. The van der Waals surface area contributed by atoms with Crippen LogP contribution in [0.5, 0.6) is 0 Å². The number of aromatic nitrogens is 3. The molecule has 2 fully saturated rings. The summed E-state index contributed by atoms with van der Waals surface area (Å²) >= 11 is 6.66. The fraction of sp³-hybridized carbons (Fsp3) is 0.409. The SMILES string of the molecule is Clc1cc(-c2cc3nccnc3c(NC[C@@H]3CNCCO3)n2)ccc1N1CCOCC1.S. The van der Waals surface area contributed by atoms with Gasteiger partial charge in [0.05, 0.1) is 47.8 Å². The first-order valence-electron chi connectivity index (χ1n) is 10.6. The maximum absolute atomic E-state index is 6.66.